The maximum atomic E-state index is 9.74. The number of rotatable bonds is 6. The van der Waals surface area contributed by atoms with Gasteiger partial charge < -0.3 is 15.2 Å². The summed E-state index contributed by atoms with van der Waals surface area (Å²) < 4.78 is 11.4. The summed E-state index contributed by atoms with van der Waals surface area (Å²) in [6, 6.07) is 12.2. The van der Waals surface area contributed by atoms with Crippen LogP contribution in [0.4, 0.5) is 0 Å². The van der Waals surface area contributed by atoms with Gasteiger partial charge in [0.1, 0.15) is 6.07 Å². The zero-order valence-corrected chi connectivity index (χ0v) is 17.4. The minimum atomic E-state index is -1.48. The van der Waals surface area contributed by atoms with Crippen molar-refractivity contribution >= 4 is 0 Å². The Labute approximate surface area is 177 Å². The lowest BCUT2D eigenvalue weighted by molar-refractivity contribution is 0.287. The Morgan fingerprint density at radius 3 is 2.57 bits per heavy atom. The summed E-state index contributed by atoms with van der Waals surface area (Å²) in [5.41, 5.74) is 6.93. The van der Waals surface area contributed by atoms with Crippen molar-refractivity contribution in [3.8, 4) is 29.7 Å². The number of unbranched alkanes of at least 4 members (excludes halogenated alkanes) is 1. The Bertz CT molecular complexity index is 990. The summed E-state index contributed by atoms with van der Waals surface area (Å²) in [6.45, 7) is 2.74. The molecular formula is C24H26N4O2. The second-order valence-electron chi connectivity index (χ2n) is 7.80. The molecule has 2 aliphatic rings. The van der Waals surface area contributed by atoms with E-state index < -0.39 is 5.41 Å². The predicted molar refractivity (Wildman–Crippen MR) is 112 cm³/mol. The van der Waals surface area contributed by atoms with Gasteiger partial charge in [-0.2, -0.15) is 15.8 Å². The second-order valence-corrected chi connectivity index (χ2v) is 7.80. The average molecular weight is 402 g/mol. The maximum Gasteiger partial charge on any atom is 0.184 e. The summed E-state index contributed by atoms with van der Waals surface area (Å²) in [5, 5.41) is 29.2. The highest BCUT2D eigenvalue weighted by atomic mass is 16.5. The minimum absolute atomic E-state index is 0.0566. The van der Waals surface area contributed by atoms with E-state index in [0.29, 0.717) is 18.1 Å². The summed E-state index contributed by atoms with van der Waals surface area (Å²) in [7, 11) is 1.62. The lowest BCUT2D eigenvalue weighted by atomic mass is 9.61. The highest BCUT2D eigenvalue weighted by molar-refractivity contribution is 5.57. The maximum absolute atomic E-state index is 9.74. The monoisotopic (exact) mass is 402 g/mol. The van der Waals surface area contributed by atoms with Gasteiger partial charge in [-0.1, -0.05) is 25.5 Å². The molecule has 0 heterocycles. The van der Waals surface area contributed by atoms with Gasteiger partial charge in [-0.3, -0.25) is 0 Å². The van der Waals surface area contributed by atoms with Crippen molar-refractivity contribution in [2.45, 2.75) is 44.9 Å². The fraction of sp³-hybridized carbons (Fsp3) is 0.458. The molecule has 0 saturated carbocycles. The largest absolute Gasteiger partial charge is 0.493 e. The Kier molecular flexibility index (Phi) is 6.34. The van der Waals surface area contributed by atoms with Gasteiger partial charge in [0.15, 0.2) is 16.9 Å². The van der Waals surface area contributed by atoms with Crippen molar-refractivity contribution in [3.05, 3.63) is 46.7 Å². The van der Waals surface area contributed by atoms with E-state index in [0.717, 1.165) is 36.8 Å². The Hall–Kier alpha value is -3.43. The number of benzene rings is 1. The first-order chi connectivity index (χ1) is 14.5. The third kappa shape index (κ3) is 3.60. The number of methoxy groups -OCH3 is 1. The molecule has 2 N–H and O–H groups in total. The van der Waals surface area contributed by atoms with Gasteiger partial charge in [0.2, 0.25) is 0 Å². The van der Waals surface area contributed by atoms with Gasteiger partial charge in [0.25, 0.3) is 0 Å². The zero-order valence-electron chi connectivity index (χ0n) is 17.4. The number of fused-ring (bicyclic) bond motifs is 1. The number of ether oxygens (including phenoxy) is 2. The van der Waals surface area contributed by atoms with Crippen LogP contribution in [0, 0.1) is 45.3 Å². The summed E-state index contributed by atoms with van der Waals surface area (Å²) in [5.74, 6) is 1.30. The number of nitrogens with zero attached hydrogens (tertiary/aromatic N) is 3. The number of allylic oxidation sites excluding steroid dienone is 4. The number of nitrogens with two attached hydrogens (primary N) is 1. The van der Waals surface area contributed by atoms with Crippen LogP contribution >= 0.6 is 0 Å². The summed E-state index contributed by atoms with van der Waals surface area (Å²) in [4.78, 5) is 0. The van der Waals surface area contributed by atoms with E-state index in [1.165, 1.54) is 0 Å². The van der Waals surface area contributed by atoms with Crippen molar-refractivity contribution in [2.75, 3.05) is 13.7 Å². The topological polar surface area (TPSA) is 116 Å². The molecule has 0 fully saturated rings. The van der Waals surface area contributed by atoms with Crippen LogP contribution in [0.5, 0.6) is 11.5 Å². The van der Waals surface area contributed by atoms with Gasteiger partial charge in [0.05, 0.1) is 37.1 Å². The second kappa shape index (κ2) is 8.93. The first-order valence-corrected chi connectivity index (χ1v) is 10.3. The molecule has 1 aromatic rings. The highest BCUT2D eigenvalue weighted by Gasteiger charge is 2.47. The molecule has 0 radical (unpaired) electrons. The Morgan fingerprint density at radius 2 is 1.93 bits per heavy atom. The van der Waals surface area contributed by atoms with E-state index in [9.17, 15) is 15.8 Å². The Balaban J connectivity index is 2.00. The molecule has 6 nitrogen and oxygen atoms in total. The molecule has 0 aliphatic heterocycles. The van der Waals surface area contributed by atoms with Gasteiger partial charge >= 0.3 is 0 Å². The van der Waals surface area contributed by atoms with Crippen LogP contribution in [-0.2, 0) is 0 Å². The van der Waals surface area contributed by atoms with Crippen LogP contribution in [0.3, 0.4) is 0 Å². The van der Waals surface area contributed by atoms with Crippen LogP contribution in [0.15, 0.2) is 41.1 Å². The third-order valence-corrected chi connectivity index (χ3v) is 6.14. The molecule has 0 aromatic heterocycles. The molecule has 6 heteroatoms. The third-order valence-electron chi connectivity index (χ3n) is 6.14. The molecule has 0 saturated heterocycles. The van der Waals surface area contributed by atoms with Gasteiger partial charge in [-0.05, 0) is 60.8 Å². The number of nitriles is 3. The smallest absolute Gasteiger partial charge is 0.184 e. The average Bonchev–Trinajstić information content (AvgIpc) is 2.78. The number of hydrogen-bond donors (Lipinski definition) is 1. The van der Waals surface area contributed by atoms with Crippen molar-refractivity contribution in [2.24, 2.45) is 17.1 Å². The van der Waals surface area contributed by atoms with E-state index in [1.807, 2.05) is 24.3 Å². The van der Waals surface area contributed by atoms with Crippen LogP contribution in [0.25, 0.3) is 0 Å². The quantitative estimate of drug-likeness (QED) is 0.702. The lowest BCUT2D eigenvalue weighted by Gasteiger charge is -2.40. The fourth-order valence-corrected chi connectivity index (χ4v) is 4.46. The Morgan fingerprint density at radius 1 is 1.17 bits per heavy atom. The molecule has 2 unspecified atom stereocenters. The summed E-state index contributed by atoms with van der Waals surface area (Å²) in [6.07, 6.45) is 6.00. The van der Waals surface area contributed by atoms with Crippen LogP contribution in [-0.4, -0.2) is 13.7 Å². The van der Waals surface area contributed by atoms with Gasteiger partial charge in [-0.15, -0.1) is 0 Å². The predicted octanol–water partition coefficient (Wildman–Crippen LogP) is 4.47. The molecular weight excluding hydrogens is 376 g/mol. The van der Waals surface area contributed by atoms with E-state index in [4.69, 9.17) is 15.2 Å². The van der Waals surface area contributed by atoms with Crippen LogP contribution in [0.1, 0.15) is 50.5 Å². The van der Waals surface area contributed by atoms with Crippen molar-refractivity contribution in [1.82, 2.24) is 0 Å². The fourth-order valence-electron chi connectivity index (χ4n) is 4.46. The normalized spacial score (nSPS) is 22.0. The van der Waals surface area contributed by atoms with Crippen molar-refractivity contribution < 1.29 is 9.47 Å². The standard InChI is InChI=1S/C24H26N4O2/c1-3-4-10-30-21-9-8-16(11-22(21)29-2)17-6-5-7-18-19(17)12-24(14-26,15-27)23(28)20(18)13-25/h7-9,11,17,19H,3-6,10,12,28H2,1-2H3. The van der Waals surface area contributed by atoms with E-state index >= 15 is 0 Å². The molecule has 154 valence electrons. The molecule has 0 amide bonds. The zero-order chi connectivity index (χ0) is 21.7. The van der Waals surface area contributed by atoms with E-state index in [-0.39, 0.29) is 29.5 Å². The van der Waals surface area contributed by atoms with E-state index in [1.54, 1.807) is 7.11 Å². The molecule has 2 aliphatic carbocycles. The van der Waals surface area contributed by atoms with Crippen LogP contribution < -0.4 is 15.2 Å². The van der Waals surface area contributed by atoms with E-state index in [2.05, 4.69) is 25.1 Å². The first-order valence-electron chi connectivity index (χ1n) is 10.3. The number of hydrogen-bond acceptors (Lipinski definition) is 6. The van der Waals surface area contributed by atoms with Gasteiger partial charge in [-0.25, -0.2) is 0 Å². The summed E-state index contributed by atoms with van der Waals surface area (Å²) >= 11 is 0. The van der Waals surface area contributed by atoms with Crippen LogP contribution in [0.2, 0.25) is 0 Å². The minimum Gasteiger partial charge on any atom is -0.493 e. The molecule has 30 heavy (non-hydrogen) atoms. The van der Waals surface area contributed by atoms with Gasteiger partial charge in [0, 0.05) is 0 Å². The van der Waals surface area contributed by atoms with Crippen molar-refractivity contribution in [3.63, 3.8) is 0 Å². The highest BCUT2D eigenvalue weighted by Crippen LogP contribution is 2.52. The molecule has 2 atom stereocenters. The van der Waals surface area contributed by atoms with Crippen molar-refractivity contribution in [1.29, 1.82) is 15.8 Å². The molecule has 0 bridgehead atoms. The molecule has 0 spiro atoms. The lowest BCUT2D eigenvalue weighted by Crippen LogP contribution is -2.37. The molecule has 1 aromatic carbocycles. The first kappa shape index (κ1) is 21.3. The molecule has 3 rings (SSSR count). The SMILES string of the molecule is CCCCOc1ccc(C2CCC=C3C(C#N)=C(N)C(C#N)(C#N)CC32)cc1OC.